The molecule has 7 heteroatoms. The highest BCUT2D eigenvalue weighted by Crippen LogP contribution is 2.37. The van der Waals surface area contributed by atoms with E-state index in [1.807, 2.05) is 24.4 Å². The zero-order valence-corrected chi connectivity index (χ0v) is 13.9. The van der Waals surface area contributed by atoms with E-state index in [9.17, 15) is 9.59 Å². The van der Waals surface area contributed by atoms with E-state index in [4.69, 9.17) is 0 Å². The Morgan fingerprint density at radius 2 is 2.32 bits per heavy atom. The monoisotopic (exact) mass is 322 g/mol. The van der Waals surface area contributed by atoms with Crippen LogP contribution in [0.1, 0.15) is 34.8 Å². The third kappa shape index (κ3) is 2.87. The number of nitrogens with zero attached hydrogens (tertiary/aromatic N) is 3. The topological polar surface area (TPSA) is 65.5 Å². The van der Waals surface area contributed by atoms with Crippen molar-refractivity contribution >= 4 is 23.2 Å². The third-order valence-electron chi connectivity index (χ3n) is 4.46. The van der Waals surface area contributed by atoms with Crippen LogP contribution in [0.3, 0.4) is 0 Å². The van der Waals surface area contributed by atoms with Crippen LogP contribution in [-0.4, -0.2) is 60.3 Å². The van der Waals surface area contributed by atoms with E-state index in [0.29, 0.717) is 18.8 Å². The summed E-state index contributed by atoms with van der Waals surface area (Å²) < 4.78 is 0. The van der Waals surface area contributed by atoms with E-state index in [1.54, 1.807) is 4.90 Å². The van der Waals surface area contributed by atoms with Crippen LogP contribution < -0.4 is 5.32 Å². The maximum absolute atomic E-state index is 12.6. The van der Waals surface area contributed by atoms with Crippen molar-refractivity contribution < 1.29 is 9.59 Å². The summed E-state index contributed by atoms with van der Waals surface area (Å²) in [6.07, 6.45) is 2.64. The molecule has 6 nitrogen and oxygen atoms in total. The summed E-state index contributed by atoms with van der Waals surface area (Å²) in [5, 5.41) is 5.71. The minimum absolute atomic E-state index is 0.0449. The first-order valence-corrected chi connectivity index (χ1v) is 8.55. The van der Waals surface area contributed by atoms with Gasteiger partial charge in [-0.05, 0) is 33.4 Å². The number of likely N-dealkylation sites (tertiary alicyclic amines) is 1. The summed E-state index contributed by atoms with van der Waals surface area (Å²) in [5.74, 6) is 0.0668. The lowest BCUT2D eigenvalue weighted by molar-refractivity contribution is -0.132. The summed E-state index contributed by atoms with van der Waals surface area (Å²) in [7, 11) is 3.96. The number of nitrogens with one attached hydrogen (secondary N) is 1. The summed E-state index contributed by atoms with van der Waals surface area (Å²) in [4.78, 5) is 33.0. The van der Waals surface area contributed by atoms with E-state index >= 15 is 0 Å². The predicted octanol–water partition coefficient (Wildman–Crippen LogP) is 0.947. The van der Waals surface area contributed by atoms with Crippen LogP contribution in [0.25, 0.3) is 0 Å². The maximum Gasteiger partial charge on any atom is 0.273 e. The number of carbonyl (C=O) groups is 2. The molecule has 0 aromatic carbocycles. The molecule has 0 aliphatic carbocycles. The van der Waals surface area contributed by atoms with Crippen molar-refractivity contribution in [1.82, 2.24) is 20.1 Å². The van der Waals surface area contributed by atoms with E-state index in [2.05, 4.69) is 10.3 Å². The smallest absolute Gasteiger partial charge is 0.273 e. The fourth-order valence-electron chi connectivity index (χ4n) is 3.28. The van der Waals surface area contributed by atoms with Crippen LogP contribution in [0.4, 0.5) is 0 Å². The van der Waals surface area contributed by atoms with Gasteiger partial charge in [0.2, 0.25) is 5.91 Å². The largest absolute Gasteiger partial charge is 0.356 e. The minimum Gasteiger partial charge on any atom is -0.356 e. The van der Waals surface area contributed by atoms with Crippen molar-refractivity contribution in [3.05, 3.63) is 16.1 Å². The van der Waals surface area contributed by atoms with E-state index < -0.39 is 0 Å². The lowest BCUT2D eigenvalue weighted by Gasteiger charge is -2.32. The Balaban J connectivity index is 1.68. The Morgan fingerprint density at radius 1 is 1.50 bits per heavy atom. The summed E-state index contributed by atoms with van der Waals surface area (Å²) >= 11 is 1.51. The van der Waals surface area contributed by atoms with Gasteiger partial charge in [0.05, 0.1) is 5.41 Å². The molecule has 0 saturated carbocycles. The molecule has 22 heavy (non-hydrogen) atoms. The van der Waals surface area contributed by atoms with Crippen molar-refractivity contribution in [1.29, 1.82) is 0 Å². The van der Waals surface area contributed by atoms with E-state index in [-0.39, 0.29) is 17.2 Å². The van der Waals surface area contributed by atoms with Crippen molar-refractivity contribution in [2.24, 2.45) is 5.41 Å². The fraction of sp³-hybridized carbons (Fsp3) is 0.667. The second kappa shape index (κ2) is 5.96. The number of rotatable bonds is 3. The van der Waals surface area contributed by atoms with Crippen LogP contribution in [0.5, 0.6) is 0 Å². The van der Waals surface area contributed by atoms with Gasteiger partial charge in [-0.2, -0.15) is 0 Å². The molecule has 2 aliphatic heterocycles. The maximum atomic E-state index is 12.6. The van der Waals surface area contributed by atoms with Crippen LogP contribution in [-0.2, 0) is 11.3 Å². The molecule has 0 radical (unpaired) electrons. The van der Waals surface area contributed by atoms with Crippen molar-refractivity contribution in [2.75, 3.05) is 33.7 Å². The highest BCUT2D eigenvalue weighted by atomic mass is 32.1. The fourth-order valence-corrected chi connectivity index (χ4v) is 4.16. The molecule has 1 atom stereocenters. The molecule has 2 amide bonds. The molecule has 1 aromatic rings. The average molecular weight is 322 g/mol. The van der Waals surface area contributed by atoms with E-state index in [0.717, 1.165) is 37.4 Å². The Hall–Kier alpha value is -1.47. The van der Waals surface area contributed by atoms with Gasteiger partial charge in [0.25, 0.3) is 5.91 Å². The second-order valence-corrected chi connectivity index (χ2v) is 7.42. The molecule has 2 saturated heterocycles. The van der Waals surface area contributed by atoms with Gasteiger partial charge in [-0.25, -0.2) is 4.98 Å². The highest BCUT2D eigenvalue weighted by molar-refractivity contribution is 7.09. The van der Waals surface area contributed by atoms with Crippen LogP contribution in [0.2, 0.25) is 0 Å². The Morgan fingerprint density at radius 3 is 3.05 bits per heavy atom. The average Bonchev–Trinajstić information content (AvgIpc) is 3.09. The number of aromatic nitrogens is 1. The molecular formula is C15H22N4O2S. The molecule has 3 rings (SSSR count). The predicted molar refractivity (Wildman–Crippen MR) is 84.7 cm³/mol. The van der Waals surface area contributed by atoms with Gasteiger partial charge in [0.1, 0.15) is 10.7 Å². The quantitative estimate of drug-likeness (QED) is 0.900. The van der Waals surface area contributed by atoms with Gasteiger partial charge in [0.15, 0.2) is 0 Å². The van der Waals surface area contributed by atoms with Gasteiger partial charge in [-0.15, -0.1) is 11.3 Å². The molecule has 3 heterocycles. The van der Waals surface area contributed by atoms with E-state index in [1.165, 1.54) is 11.3 Å². The van der Waals surface area contributed by atoms with Crippen molar-refractivity contribution in [2.45, 2.75) is 25.8 Å². The SMILES string of the molecule is CN(C)Cc1nc(C(=O)N2CCC3(CCCNC3=O)C2)cs1. The minimum atomic E-state index is -0.365. The lowest BCUT2D eigenvalue weighted by Crippen LogP contribution is -2.47. The standard InChI is InChI=1S/C15H22N4O2S/c1-18(2)8-12-17-11(9-22-12)13(20)19-7-5-15(10-19)4-3-6-16-14(15)21/h9H,3-8,10H2,1-2H3,(H,16,21). The first-order chi connectivity index (χ1) is 10.5. The molecule has 120 valence electrons. The number of piperidine rings is 1. The normalized spacial score (nSPS) is 25.0. The van der Waals surface area contributed by atoms with Gasteiger partial charge in [-0.1, -0.05) is 0 Å². The lowest BCUT2D eigenvalue weighted by atomic mass is 9.79. The number of hydrogen-bond donors (Lipinski definition) is 1. The molecule has 1 aromatic heterocycles. The Kier molecular flexibility index (Phi) is 4.18. The molecular weight excluding hydrogens is 300 g/mol. The molecule has 2 fully saturated rings. The van der Waals surface area contributed by atoms with Gasteiger partial charge >= 0.3 is 0 Å². The van der Waals surface area contributed by atoms with Crippen LogP contribution in [0.15, 0.2) is 5.38 Å². The molecule has 0 bridgehead atoms. The first kappa shape index (κ1) is 15.4. The number of carbonyl (C=O) groups excluding carboxylic acids is 2. The summed E-state index contributed by atoms with van der Waals surface area (Å²) in [6.45, 7) is 2.67. The second-order valence-electron chi connectivity index (χ2n) is 6.48. The third-order valence-corrected chi connectivity index (χ3v) is 5.30. The van der Waals surface area contributed by atoms with Crippen molar-refractivity contribution in [3.63, 3.8) is 0 Å². The van der Waals surface area contributed by atoms with Crippen molar-refractivity contribution in [3.8, 4) is 0 Å². The van der Waals surface area contributed by atoms with Gasteiger partial charge < -0.3 is 15.1 Å². The van der Waals surface area contributed by atoms with Crippen LogP contribution in [0, 0.1) is 5.41 Å². The summed E-state index contributed by atoms with van der Waals surface area (Å²) in [5.41, 5.74) is 0.145. The molecule has 1 spiro atoms. The van der Waals surface area contributed by atoms with Crippen LogP contribution >= 0.6 is 11.3 Å². The highest BCUT2D eigenvalue weighted by Gasteiger charge is 2.47. The number of hydrogen-bond acceptors (Lipinski definition) is 5. The molecule has 1 unspecified atom stereocenters. The Labute approximate surface area is 134 Å². The number of thiazole rings is 1. The summed E-state index contributed by atoms with van der Waals surface area (Å²) in [6, 6.07) is 0. The molecule has 1 N–H and O–H groups in total. The molecule has 2 aliphatic rings. The zero-order valence-electron chi connectivity index (χ0n) is 13.1. The van der Waals surface area contributed by atoms with Gasteiger partial charge in [-0.3, -0.25) is 9.59 Å². The van der Waals surface area contributed by atoms with Gasteiger partial charge in [0, 0.05) is 31.6 Å². The zero-order chi connectivity index (χ0) is 15.7. The first-order valence-electron chi connectivity index (χ1n) is 7.67. The number of amides is 2. The Bertz CT molecular complexity index is 586.